The van der Waals surface area contributed by atoms with E-state index in [9.17, 15) is 9.90 Å². The fraction of sp³-hybridized carbons (Fsp3) is 0.400. The van der Waals surface area contributed by atoms with E-state index in [0.29, 0.717) is 24.4 Å². The lowest BCUT2D eigenvalue weighted by Crippen LogP contribution is -2.32. The Morgan fingerprint density at radius 1 is 1.06 bits per heavy atom. The van der Waals surface area contributed by atoms with Crippen LogP contribution in [0.25, 0.3) is 11.1 Å². The molecular formula is C25H31N3O4. The van der Waals surface area contributed by atoms with Crippen LogP contribution in [-0.4, -0.2) is 40.1 Å². The van der Waals surface area contributed by atoms with Gasteiger partial charge in [0.15, 0.2) is 0 Å². The second-order valence-electron chi connectivity index (χ2n) is 7.68. The lowest BCUT2D eigenvalue weighted by molar-refractivity contribution is -0.226. The van der Waals surface area contributed by atoms with Crippen molar-refractivity contribution in [3.8, 4) is 11.1 Å². The molecule has 0 aliphatic heterocycles. The maximum atomic E-state index is 11.5. The average Bonchev–Trinajstić information content (AvgIpc) is 3.24. The highest BCUT2D eigenvalue weighted by atomic mass is 16.7. The van der Waals surface area contributed by atoms with Crippen molar-refractivity contribution in [2.75, 3.05) is 14.2 Å². The van der Waals surface area contributed by atoms with Crippen molar-refractivity contribution in [3.05, 3.63) is 71.3 Å². The summed E-state index contributed by atoms with van der Waals surface area (Å²) in [6.07, 6.45) is 3.37. The van der Waals surface area contributed by atoms with Gasteiger partial charge in [-0.2, -0.15) is 0 Å². The van der Waals surface area contributed by atoms with E-state index >= 15 is 0 Å². The van der Waals surface area contributed by atoms with E-state index in [1.165, 1.54) is 0 Å². The predicted molar refractivity (Wildman–Crippen MR) is 123 cm³/mol. The Labute approximate surface area is 189 Å². The number of hydrogen-bond donors (Lipinski definition) is 1. The van der Waals surface area contributed by atoms with E-state index in [2.05, 4.69) is 6.92 Å². The van der Waals surface area contributed by atoms with Crippen molar-refractivity contribution < 1.29 is 19.4 Å². The Morgan fingerprint density at radius 3 is 2.34 bits per heavy atom. The number of aromatic carboxylic acids is 1. The van der Waals surface area contributed by atoms with Crippen molar-refractivity contribution in [1.29, 1.82) is 0 Å². The van der Waals surface area contributed by atoms with Gasteiger partial charge in [-0.05, 0) is 29.2 Å². The second-order valence-corrected chi connectivity index (χ2v) is 7.68. The molecule has 3 aromatic rings. The summed E-state index contributed by atoms with van der Waals surface area (Å²) in [4.78, 5) is 16.3. The summed E-state index contributed by atoms with van der Waals surface area (Å²) in [5.41, 5.74) is 2.89. The van der Waals surface area contributed by atoms with E-state index < -0.39 is 11.8 Å². The first-order chi connectivity index (χ1) is 15.5. The Balaban J connectivity index is 1.87. The van der Waals surface area contributed by atoms with Crippen molar-refractivity contribution in [1.82, 2.24) is 14.8 Å². The van der Waals surface area contributed by atoms with Gasteiger partial charge in [0.1, 0.15) is 5.82 Å². The number of carboxylic acid groups (broad SMARTS) is 1. The SMILES string of the molecule is CCCCC(OC)(OC)c1nc(CC)n(Cc2ccc(-c3ccccc3C(=O)O)cc2)n1. The molecule has 0 fully saturated rings. The molecule has 0 amide bonds. The molecule has 0 radical (unpaired) electrons. The van der Waals surface area contributed by atoms with Crippen LogP contribution in [0.1, 0.15) is 60.7 Å². The summed E-state index contributed by atoms with van der Waals surface area (Å²) in [5.74, 6) is -0.486. The van der Waals surface area contributed by atoms with Gasteiger partial charge in [0.05, 0.1) is 12.1 Å². The van der Waals surface area contributed by atoms with Gasteiger partial charge in [-0.15, -0.1) is 5.10 Å². The Kier molecular flexibility index (Phi) is 7.77. The number of methoxy groups -OCH3 is 2. The molecule has 1 N–H and O–H groups in total. The molecule has 3 rings (SSSR count). The monoisotopic (exact) mass is 437 g/mol. The number of carboxylic acids is 1. The van der Waals surface area contributed by atoms with Gasteiger partial charge in [0.2, 0.25) is 11.6 Å². The highest BCUT2D eigenvalue weighted by molar-refractivity contribution is 5.95. The summed E-state index contributed by atoms with van der Waals surface area (Å²) in [5, 5.41) is 14.2. The van der Waals surface area contributed by atoms with Gasteiger partial charge >= 0.3 is 5.97 Å². The number of aromatic nitrogens is 3. The van der Waals surface area contributed by atoms with Gasteiger partial charge in [-0.1, -0.05) is 62.7 Å². The lowest BCUT2D eigenvalue weighted by Gasteiger charge is -2.27. The predicted octanol–water partition coefficient (Wildman–Crippen LogP) is 4.89. The van der Waals surface area contributed by atoms with Crippen LogP contribution in [0, 0.1) is 0 Å². The number of carbonyl (C=O) groups is 1. The Hall–Kier alpha value is -3.03. The van der Waals surface area contributed by atoms with Crippen LogP contribution in [0.3, 0.4) is 0 Å². The molecule has 170 valence electrons. The highest BCUT2D eigenvalue weighted by Crippen LogP contribution is 2.30. The first-order valence-electron chi connectivity index (χ1n) is 10.9. The van der Waals surface area contributed by atoms with Crippen molar-refractivity contribution in [3.63, 3.8) is 0 Å². The van der Waals surface area contributed by atoms with E-state index in [0.717, 1.165) is 36.2 Å². The molecule has 0 bridgehead atoms. The van der Waals surface area contributed by atoms with Crippen LogP contribution in [0.2, 0.25) is 0 Å². The molecule has 7 heteroatoms. The minimum atomic E-state index is -0.949. The van der Waals surface area contributed by atoms with Crippen molar-refractivity contribution in [2.45, 2.75) is 51.9 Å². The number of aryl methyl sites for hydroxylation is 1. The van der Waals surface area contributed by atoms with E-state index in [-0.39, 0.29) is 5.56 Å². The highest BCUT2D eigenvalue weighted by Gasteiger charge is 2.36. The van der Waals surface area contributed by atoms with Gasteiger partial charge in [-0.25, -0.2) is 14.5 Å². The molecule has 1 aromatic heterocycles. The maximum absolute atomic E-state index is 11.5. The quantitative estimate of drug-likeness (QED) is 0.430. The van der Waals surface area contributed by atoms with Crippen molar-refractivity contribution >= 4 is 5.97 Å². The number of benzene rings is 2. The fourth-order valence-corrected chi connectivity index (χ4v) is 3.80. The molecule has 0 aliphatic rings. The second kappa shape index (κ2) is 10.5. The molecule has 2 aromatic carbocycles. The first-order valence-corrected chi connectivity index (χ1v) is 10.9. The number of unbranched alkanes of at least 4 members (excludes halogenated alkanes) is 1. The zero-order chi connectivity index (χ0) is 23.1. The third-order valence-electron chi connectivity index (χ3n) is 5.68. The molecule has 1 heterocycles. The average molecular weight is 438 g/mol. The zero-order valence-electron chi connectivity index (χ0n) is 19.2. The Bertz CT molecular complexity index is 1040. The molecule has 0 atom stereocenters. The molecule has 7 nitrogen and oxygen atoms in total. The molecular weight excluding hydrogens is 406 g/mol. The summed E-state index contributed by atoms with van der Waals surface area (Å²) in [7, 11) is 3.25. The molecule has 0 aliphatic carbocycles. The number of hydrogen-bond acceptors (Lipinski definition) is 5. The van der Waals surface area contributed by atoms with E-state index in [4.69, 9.17) is 19.6 Å². The van der Waals surface area contributed by atoms with Gasteiger partial charge in [0, 0.05) is 27.1 Å². The summed E-state index contributed by atoms with van der Waals surface area (Å²) < 4.78 is 13.3. The molecule has 0 spiro atoms. The maximum Gasteiger partial charge on any atom is 0.336 e. The summed E-state index contributed by atoms with van der Waals surface area (Å²) in [6.45, 7) is 4.72. The minimum absolute atomic E-state index is 0.289. The van der Waals surface area contributed by atoms with Crippen LogP contribution in [0.5, 0.6) is 0 Å². The van der Waals surface area contributed by atoms with Crippen molar-refractivity contribution in [2.24, 2.45) is 0 Å². The normalized spacial score (nSPS) is 11.6. The van der Waals surface area contributed by atoms with Gasteiger partial charge in [0.25, 0.3) is 0 Å². The van der Waals surface area contributed by atoms with E-state index in [1.807, 2.05) is 48.0 Å². The fourth-order valence-electron chi connectivity index (χ4n) is 3.80. The molecule has 0 saturated heterocycles. The summed E-state index contributed by atoms with van der Waals surface area (Å²) in [6, 6.07) is 14.9. The summed E-state index contributed by atoms with van der Waals surface area (Å²) >= 11 is 0. The van der Waals surface area contributed by atoms with Gasteiger partial charge in [-0.3, -0.25) is 0 Å². The molecule has 32 heavy (non-hydrogen) atoms. The standard InChI is InChI=1S/C25H31N3O4/c1-5-7-16-25(31-3,32-4)24-26-22(6-2)28(27-24)17-18-12-14-19(15-13-18)20-10-8-9-11-21(20)23(29)30/h8-15H,5-7,16-17H2,1-4H3,(H,29,30). The van der Waals surface area contributed by atoms with Crippen LogP contribution in [-0.2, 0) is 28.2 Å². The zero-order valence-corrected chi connectivity index (χ0v) is 19.2. The topological polar surface area (TPSA) is 86.5 Å². The van der Waals surface area contributed by atoms with Crippen LogP contribution < -0.4 is 0 Å². The molecule has 0 unspecified atom stereocenters. The first kappa shape index (κ1) is 23.6. The third kappa shape index (κ3) is 4.89. The molecule has 0 saturated carbocycles. The van der Waals surface area contributed by atoms with Crippen LogP contribution in [0.15, 0.2) is 48.5 Å². The van der Waals surface area contributed by atoms with Gasteiger partial charge < -0.3 is 14.6 Å². The number of nitrogens with zero attached hydrogens (tertiary/aromatic N) is 3. The number of ether oxygens (including phenoxy) is 2. The third-order valence-corrected chi connectivity index (χ3v) is 5.68. The van der Waals surface area contributed by atoms with E-state index in [1.54, 1.807) is 26.4 Å². The largest absolute Gasteiger partial charge is 0.478 e. The smallest absolute Gasteiger partial charge is 0.336 e. The van der Waals surface area contributed by atoms with Crippen LogP contribution in [0.4, 0.5) is 0 Å². The Morgan fingerprint density at radius 2 is 1.75 bits per heavy atom. The van der Waals surface area contributed by atoms with Crippen LogP contribution >= 0.6 is 0 Å². The number of rotatable bonds is 11. The lowest BCUT2D eigenvalue weighted by atomic mass is 9.99. The minimum Gasteiger partial charge on any atom is -0.478 e.